The predicted molar refractivity (Wildman–Crippen MR) is 66.6 cm³/mol. The van der Waals surface area contributed by atoms with Crippen LogP contribution in [-0.2, 0) is 12.6 Å². The van der Waals surface area contributed by atoms with Gasteiger partial charge >= 0.3 is 6.18 Å². The van der Waals surface area contributed by atoms with E-state index in [4.69, 9.17) is 0 Å². The molecule has 0 N–H and O–H groups in total. The first-order valence-electron chi connectivity index (χ1n) is 5.66. The molecule has 0 aliphatic rings. The molecule has 102 valence electrons. The first-order chi connectivity index (χ1) is 8.82. The van der Waals surface area contributed by atoms with Crippen molar-refractivity contribution in [1.82, 2.24) is 4.98 Å². The van der Waals surface area contributed by atoms with Crippen LogP contribution in [0.4, 0.5) is 17.6 Å². The minimum absolute atomic E-state index is 0.112. The van der Waals surface area contributed by atoms with Crippen molar-refractivity contribution >= 4 is 11.3 Å². The highest BCUT2D eigenvalue weighted by molar-refractivity contribution is 7.15. The number of benzene rings is 1. The lowest BCUT2D eigenvalue weighted by molar-refractivity contribution is -0.137. The summed E-state index contributed by atoms with van der Waals surface area (Å²) in [6.07, 6.45) is -3.77. The summed E-state index contributed by atoms with van der Waals surface area (Å²) < 4.78 is 51.1. The number of aromatic nitrogens is 1. The first-order valence-corrected chi connectivity index (χ1v) is 6.48. The number of alkyl halides is 3. The zero-order chi connectivity index (χ0) is 14.2. The molecule has 0 saturated heterocycles. The van der Waals surface area contributed by atoms with E-state index in [9.17, 15) is 17.6 Å². The molecule has 0 saturated carbocycles. The molecule has 0 bridgehead atoms. The molecule has 1 aromatic carbocycles. The fourth-order valence-electron chi connectivity index (χ4n) is 1.74. The quantitative estimate of drug-likeness (QED) is 0.721. The van der Waals surface area contributed by atoms with Crippen LogP contribution in [0.1, 0.15) is 23.1 Å². The van der Waals surface area contributed by atoms with Crippen LogP contribution in [-0.4, -0.2) is 4.98 Å². The lowest BCUT2D eigenvalue weighted by Gasteiger charge is -2.07. The van der Waals surface area contributed by atoms with Gasteiger partial charge in [-0.1, -0.05) is 6.92 Å². The molecular formula is C13H11F4NS. The molecule has 0 spiro atoms. The number of rotatable bonds is 2. The number of hydrogen-bond acceptors (Lipinski definition) is 2. The highest BCUT2D eigenvalue weighted by Crippen LogP contribution is 2.34. The maximum absolute atomic E-state index is 13.8. The predicted octanol–water partition coefficient (Wildman–Crippen LogP) is 4.84. The number of thiazole rings is 1. The zero-order valence-electron chi connectivity index (χ0n) is 10.3. The Kier molecular flexibility index (Phi) is 3.62. The van der Waals surface area contributed by atoms with Crippen LogP contribution in [0.25, 0.3) is 10.6 Å². The molecule has 2 aromatic rings. The molecule has 0 amide bonds. The Bertz CT molecular complexity index is 601. The van der Waals surface area contributed by atoms with Crippen molar-refractivity contribution in [2.24, 2.45) is 0 Å². The van der Waals surface area contributed by atoms with Gasteiger partial charge in [-0.25, -0.2) is 9.37 Å². The minimum atomic E-state index is -4.53. The standard InChI is InChI=1S/C13H11F4NS/c1-3-11-7(2)18-12(19-11)9-5-4-8(6-10(9)14)13(15,16)17/h4-6H,3H2,1-2H3. The van der Waals surface area contributed by atoms with Crippen LogP contribution in [0.3, 0.4) is 0 Å². The van der Waals surface area contributed by atoms with Crippen molar-refractivity contribution in [3.05, 3.63) is 40.2 Å². The van der Waals surface area contributed by atoms with Crippen LogP contribution in [0.15, 0.2) is 18.2 Å². The smallest absolute Gasteiger partial charge is 0.241 e. The Morgan fingerprint density at radius 3 is 2.42 bits per heavy atom. The Labute approximate surface area is 111 Å². The van der Waals surface area contributed by atoms with E-state index >= 15 is 0 Å². The van der Waals surface area contributed by atoms with Gasteiger partial charge in [0.15, 0.2) is 0 Å². The number of hydrogen-bond donors (Lipinski definition) is 0. The Balaban J connectivity index is 2.46. The van der Waals surface area contributed by atoms with E-state index in [0.717, 1.165) is 29.1 Å². The molecule has 2 rings (SSSR count). The summed E-state index contributed by atoms with van der Waals surface area (Å²) in [5, 5.41) is 0.417. The summed E-state index contributed by atoms with van der Waals surface area (Å²) in [5.74, 6) is -0.897. The maximum Gasteiger partial charge on any atom is 0.416 e. The third-order valence-electron chi connectivity index (χ3n) is 2.74. The molecule has 0 aliphatic heterocycles. The minimum Gasteiger partial charge on any atom is -0.241 e. The van der Waals surface area contributed by atoms with E-state index in [1.165, 1.54) is 11.3 Å². The van der Waals surface area contributed by atoms with E-state index in [1.807, 2.05) is 6.92 Å². The summed E-state index contributed by atoms with van der Waals surface area (Å²) in [7, 11) is 0. The average molecular weight is 289 g/mol. The maximum atomic E-state index is 13.8. The summed E-state index contributed by atoms with van der Waals surface area (Å²) >= 11 is 1.31. The SMILES string of the molecule is CCc1sc(-c2ccc(C(F)(F)F)cc2F)nc1C. The molecule has 0 fully saturated rings. The molecule has 1 aromatic heterocycles. The molecular weight excluding hydrogens is 278 g/mol. The van der Waals surface area contributed by atoms with Crippen LogP contribution in [0, 0.1) is 12.7 Å². The monoisotopic (exact) mass is 289 g/mol. The topological polar surface area (TPSA) is 12.9 Å². The third-order valence-corrected chi connectivity index (χ3v) is 4.08. The van der Waals surface area contributed by atoms with E-state index < -0.39 is 17.6 Å². The highest BCUT2D eigenvalue weighted by atomic mass is 32.1. The second-order valence-corrected chi connectivity index (χ2v) is 5.16. The van der Waals surface area contributed by atoms with Gasteiger partial charge in [0.05, 0.1) is 11.3 Å². The van der Waals surface area contributed by atoms with E-state index in [0.29, 0.717) is 11.1 Å². The molecule has 0 unspecified atom stereocenters. The fourth-order valence-corrected chi connectivity index (χ4v) is 2.77. The van der Waals surface area contributed by atoms with Crippen molar-refractivity contribution in [3.8, 4) is 10.6 Å². The molecule has 1 heterocycles. The fraction of sp³-hybridized carbons (Fsp3) is 0.308. The Morgan fingerprint density at radius 1 is 1.26 bits per heavy atom. The van der Waals surface area contributed by atoms with Crippen molar-refractivity contribution in [3.63, 3.8) is 0 Å². The summed E-state index contributed by atoms with van der Waals surface area (Å²) in [4.78, 5) is 5.21. The molecule has 0 atom stereocenters. The van der Waals surface area contributed by atoms with Gasteiger partial charge in [-0.15, -0.1) is 11.3 Å². The van der Waals surface area contributed by atoms with Gasteiger partial charge in [0, 0.05) is 10.4 Å². The van der Waals surface area contributed by atoms with Gasteiger partial charge in [-0.05, 0) is 31.5 Å². The third kappa shape index (κ3) is 2.78. The van der Waals surface area contributed by atoms with Gasteiger partial charge in [0.2, 0.25) is 0 Å². The molecule has 1 nitrogen and oxygen atoms in total. The molecule has 0 aliphatic carbocycles. The van der Waals surface area contributed by atoms with Gasteiger partial charge in [0.1, 0.15) is 10.8 Å². The van der Waals surface area contributed by atoms with Gasteiger partial charge < -0.3 is 0 Å². The number of aryl methyl sites for hydroxylation is 2. The van der Waals surface area contributed by atoms with Crippen LogP contribution < -0.4 is 0 Å². The Hall–Kier alpha value is -1.43. The van der Waals surface area contributed by atoms with Gasteiger partial charge in [-0.3, -0.25) is 0 Å². The van der Waals surface area contributed by atoms with Crippen LogP contribution >= 0.6 is 11.3 Å². The highest BCUT2D eigenvalue weighted by Gasteiger charge is 2.31. The first kappa shape index (κ1) is 14.0. The summed E-state index contributed by atoms with van der Waals surface area (Å²) in [6.45, 7) is 3.76. The van der Waals surface area contributed by atoms with Crippen molar-refractivity contribution in [2.45, 2.75) is 26.4 Å². The van der Waals surface area contributed by atoms with Gasteiger partial charge in [0.25, 0.3) is 0 Å². The van der Waals surface area contributed by atoms with E-state index in [2.05, 4.69) is 4.98 Å². The summed E-state index contributed by atoms with van der Waals surface area (Å²) in [6, 6.07) is 2.52. The lowest BCUT2D eigenvalue weighted by atomic mass is 10.1. The second kappa shape index (κ2) is 4.92. The van der Waals surface area contributed by atoms with Crippen LogP contribution in [0.5, 0.6) is 0 Å². The second-order valence-electron chi connectivity index (χ2n) is 4.07. The van der Waals surface area contributed by atoms with E-state index in [1.54, 1.807) is 6.92 Å². The summed E-state index contributed by atoms with van der Waals surface area (Å²) in [5.41, 5.74) is -0.0830. The number of nitrogens with zero attached hydrogens (tertiary/aromatic N) is 1. The lowest BCUT2D eigenvalue weighted by Crippen LogP contribution is -2.05. The largest absolute Gasteiger partial charge is 0.416 e. The molecule has 0 radical (unpaired) electrons. The van der Waals surface area contributed by atoms with Crippen molar-refractivity contribution in [1.29, 1.82) is 0 Å². The molecule has 19 heavy (non-hydrogen) atoms. The Morgan fingerprint density at radius 2 is 1.95 bits per heavy atom. The van der Waals surface area contributed by atoms with Crippen LogP contribution in [0.2, 0.25) is 0 Å². The van der Waals surface area contributed by atoms with Gasteiger partial charge in [-0.2, -0.15) is 13.2 Å². The molecule has 6 heteroatoms. The van der Waals surface area contributed by atoms with Crippen molar-refractivity contribution < 1.29 is 17.6 Å². The number of halogens is 4. The average Bonchev–Trinajstić information content (AvgIpc) is 2.69. The zero-order valence-corrected chi connectivity index (χ0v) is 11.1. The normalized spacial score (nSPS) is 11.9. The van der Waals surface area contributed by atoms with Crippen molar-refractivity contribution in [2.75, 3.05) is 0 Å². The van der Waals surface area contributed by atoms with E-state index in [-0.39, 0.29) is 5.56 Å².